The van der Waals surface area contributed by atoms with E-state index in [4.69, 9.17) is 0 Å². The zero-order valence-electron chi connectivity index (χ0n) is 9.07. The van der Waals surface area contributed by atoms with Crippen molar-refractivity contribution < 1.29 is 0 Å². The van der Waals surface area contributed by atoms with E-state index in [1.165, 1.54) is 0 Å². The van der Waals surface area contributed by atoms with Gasteiger partial charge in [-0.3, -0.25) is 0 Å². The van der Waals surface area contributed by atoms with Crippen LogP contribution in [0.1, 0.15) is 5.69 Å². The van der Waals surface area contributed by atoms with Crippen LogP contribution in [0.25, 0.3) is 11.4 Å². The second-order valence-electron chi connectivity index (χ2n) is 3.56. The van der Waals surface area contributed by atoms with Gasteiger partial charge in [-0.15, -0.1) is 0 Å². The highest BCUT2D eigenvalue weighted by Crippen LogP contribution is 2.17. The van der Waals surface area contributed by atoms with Crippen LogP contribution in [0, 0.1) is 0 Å². The van der Waals surface area contributed by atoms with Crippen molar-refractivity contribution in [3.8, 4) is 11.4 Å². The number of hydrogen-bond donors (Lipinski definition) is 1. The molecule has 0 fully saturated rings. The Kier molecular flexibility index (Phi) is 2.83. The fraction of sp³-hybridized carbons (Fsp3) is 0.250. The first-order valence-corrected chi connectivity index (χ1v) is 5.03. The monoisotopic (exact) mass is 201 g/mol. The van der Waals surface area contributed by atoms with Gasteiger partial charge in [-0.05, 0) is 7.05 Å². The van der Waals surface area contributed by atoms with E-state index < -0.39 is 0 Å². The van der Waals surface area contributed by atoms with Crippen molar-refractivity contribution in [2.75, 3.05) is 7.05 Å². The van der Waals surface area contributed by atoms with Gasteiger partial charge in [-0.25, -0.2) is 4.98 Å². The Morgan fingerprint density at radius 1 is 1.27 bits per heavy atom. The van der Waals surface area contributed by atoms with E-state index in [0.29, 0.717) is 0 Å². The third kappa shape index (κ3) is 2.07. The molecule has 3 nitrogen and oxygen atoms in total. The maximum absolute atomic E-state index is 4.57. The molecular weight excluding hydrogens is 186 g/mol. The van der Waals surface area contributed by atoms with Crippen molar-refractivity contribution >= 4 is 0 Å². The van der Waals surface area contributed by atoms with Crippen LogP contribution in [0.2, 0.25) is 0 Å². The van der Waals surface area contributed by atoms with Gasteiger partial charge in [0.2, 0.25) is 0 Å². The van der Waals surface area contributed by atoms with Gasteiger partial charge < -0.3 is 9.88 Å². The van der Waals surface area contributed by atoms with Crippen LogP contribution < -0.4 is 5.32 Å². The minimum Gasteiger partial charge on any atom is -0.334 e. The number of rotatable bonds is 3. The molecule has 0 radical (unpaired) electrons. The highest BCUT2D eigenvalue weighted by atomic mass is 15.1. The molecule has 0 saturated heterocycles. The van der Waals surface area contributed by atoms with E-state index >= 15 is 0 Å². The number of aryl methyl sites for hydroxylation is 1. The van der Waals surface area contributed by atoms with E-state index in [1.54, 1.807) is 0 Å². The van der Waals surface area contributed by atoms with Crippen molar-refractivity contribution in [1.82, 2.24) is 14.9 Å². The third-order valence-electron chi connectivity index (χ3n) is 2.32. The van der Waals surface area contributed by atoms with Gasteiger partial charge in [-0.2, -0.15) is 0 Å². The van der Waals surface area contributed by atoms with Crippen molar-refractivity contribution in [1.29, 1.82) is 0 Å². The number of nitrogens with one attached hydrogen (secondary N) is 1. The molecule has 0 aliphatic heterocycles. The lowest BCUT2D eigenvalue weighted by Gasteiger charge is -1.99. The van der Waals surface area contributed by atoms with Crippen LogP contribution in [-0.2, 0) is 13.6 Å². The van der Waals surface area contributed by atoms with Gasteiger partial charge in [0.05, 0.1) is 5.69 Å². The molecular formula is C12H15N3. The summed E-state index contributed by atoms with van der Waals surface area (Å²) in [6.45, 7) is 0.806. The minimum atomic E-state index is 0.806. The quantitative estimate of drug-likeness (QED) is 0.820. The normalized spacial score (nSPS) is 10.5. The van der Waals surface area contributed by atoms with Crippen LogP contribution in [-0.4, -0.2) is 16.6 Å². The van der Waals surface area contributed by atoms with Crippen molar-refractivity contribution in [3.05, 3.63) is 42.2 Å². The topological polar surface area (TPSA) is 29.9 Å². The summed E-state index contributed by atoms with van der Waals surface area (Å²) in [5.74, 6) is 1.01. The summed E-state index contributed by atoms with van der Waals surface area (Å²) in [5.41, 5.74) is 2.22. The van der Waals surface area contributed by atoms with Crippen molar-refractivity contribution in [3.63, 3.8) is 0 Å². The predicted molar refractivity (Wildman–Crippen MR) is 61.4 cm³/mol. The van der Waals surface area contributed by atoms with Crippen LogP contribution in [0.15, 0.2) is 36.5 Å². The zero-order chi connectivity index (χ0) is 10.7. The molecule has 0 saturated carbocycles. The molecule has 0 spiro atoms. The Morgan fingerprint density at radius 2 is 2.00 bits per heavy atom. The standard InChI is InChI=1S/C12H15N3/c1-13-8-11-9-15(2)12(14-11)10-6-4-3-5-7-10/h3-7,9,13H,8H2,1-2H3. The second-order valence-corrected chi connectivity index (χ2v) is 3.56. The number of hydrogen-bond acceptors (Lipinski definition) is 2. The number of benzene rings is 1. The van der Waals surface area contributed by atoms with E-state index in [1.807, 2.05) is 32.3 Å². The summed E-state index contributed by atoms with van der Waals surface area (Å²) in [6.07, 6.45) is 2.05. The van der Waals surface area contributed by atoms with E-state index in [-0.39, 0.29) is 0 Å². The van der Waals surface area contributed by atoms with Gasteiger partial charge in [0.15, 0.2) is 0 Å². The third-order valence-corrected chi connectivity index (χ3v) is 2.32. The smallest absolute Gasteiger partial charge is 0.140 e. The maximum atomic E-state index is 4.57. The maximum Gasteiger partial charge on any atom is 0.140 e. The van der Waals surface area contributed by atoms with Gasteiger partial charge >= 0.3 is 0 Å². The highest BCUT2D eigenvalue weighted by molar-refractivity contribution is 5.55. The molecule has 1 aromatic carbocycles. The van der Waals surface area contributed by atoms with E-state index in [0.717, 1.165) is 23.6 Å². The van der Waals surface area contributed by atoms with Crippen molar-refractivity contribution in [2.45, 2.75) is 6.54 Å². The summed E-state index contributed by atoms with van der Waals surface area (Å²) >= 11 is 0. The molecule has 0 amide bonds. The highest BCUT2D eigenvalue weighted by Gasteiger charge is 2.05. The van der Waals surface area contributed by atoms with Gasteiger partial charge in [-0.1, -0.05) is 30.3 Å². The first kappa shape index (κ1) is 9.93. The lowest BCUT2D eigenvalue weighted by Crippen LogP contribution is -2.04. The van der Waals surface area contributed by atoms with Gasteiger partial charge in [0.25, 0.3) is 0 Å². The summed E-state index contributed by atoms with van der Waals surface area (Å²) in [4.78, 5) is 4.57. The molecule has 0 aliphatic rings. The summed E-state index contributed by atoms with van der Waals surface area (Å²) in [6, 6.07) is 10.2. The molecule has 1 N–H and O–H groups in total. The Labute approximate surface area is 89.8 Å². The fourth-order valence-electron chi connectivity index (χ4n) is 1.65. The molecule has 1 heterocycles. The molecule has 1 aromatic heterocycles. The number of imidazole rings is 1. The first-order chi connectivity index (χ1) is 7.31. The summed E-state index contributed by atoms with van der Waals surface area (Å²) < 4.78 is 2.06. The molecule has 15 heavy (non-hydrogen) atoms. The van der Waals surface area contributed by atoms with Crippen molar-refractivity contribution in [2.24, 2.45) is 7.05 Å². The van der Waals surface area contributed by atoms with E-state index in [9.17, 15) is 0 Å². The first-order valence-electron chi connectivity index (χ1n) is 5.03. The summed E-state index contributed by atoms with van der Waals surface area (Å²) in [5, 5.41) is 3.10. The molecule has 0 aliphatic carbocycles. The molecule has 0 atom stereocenters. The number of aromatic nitrogens is 2. The summed E-state index contributed by atoms with van der Waals surface area (Å²) in [7, 11) is 3.95. The lowest BCUT2D eigenvalue weighted by atomic mass is 10.2. The largest absolute Gasteiger partial charge is 0.334 e. The average Bonchev–Trinajstić information content (AvgIpc) is 2.61. The van der Waals surface area contributed by atoms with Gasteiger partial charge in [0.1, 0.15) is 5.82 Å². The molecule has 3 heteroatoms. The Bertz CT molecular complexity index is 431. The van der Waals surface area contributed by atoms with Crippen LogP contribution in [0.5, 0.6) is 0 Å². The SMILES string of the molecule is CNCc1cn(C)c(-c2ccccc2)n1. The van der Waals surface area contributed by atoms with Crippen LogP contribution in [0.3, 0.4) is 0 Å². The Balaban J connectivity index is 2.36. The number of nitrogens with zero attached hydrogens (tertiary/aromatic N) is 2. The zero-order valence-corrected chi connectivity index (χ0v) is 9.07. The molecule has 2 aromatic rings. The van der Waals surface area contributed by atoms with Gasteiger partial charge in [0, 0.05) is 25.4 Å². The Hall–Kier alpha value is -1.61. The minimum absolute atomic E-state index is 0.806. The Morgan fingerprint density at radius 3 is 2.67 bits per heavy atom. The van der Waals surface area contributed by atoms with Crippen LogP contribution >= 0.6 is 0 Å². The predicted octanol–water partition coefficient (Wildman–Crippen LogP) is 1.81. The average molecular weight is 201 g/mol. The molecule has 0 unspecified atom stereocenters. The lowest BCUT2D eigenvalue weighted by molar-refractivity contribution is 0.795. The second kappa shape index (κ2) is 4.28. The molecule has 0 bridgehead atoms. The molecule has 2 rings (SSSR count). The fourth-order valence-corrected chi connectivity index (χ4v) is 1.65. The van der Waals surface area contributed by atoms with Crippen LogP contribution in [0.4, 0.5) is 0 Å². The molecule has 78 valence electrons. The van der Waals surface area contributed by atoms with E-state index in [2.05, 4.69) is 33.2 Å².